The first-order chi connectivity index (χ1) is 9.57. The van der Waals surface area contributed by atoms with Gasteiger partial charge in [-0.05, 0) is 40.8 Å². The van der Waals surface area contributed by atoms with Gasteiger partial charge in [0.2, 0.25) is 0 Å². The predicted molar refractivity (Wildman–Crippen MR) is 62.8 cm³/mol. The molecule has 2 aromatic heterocycles. The van der Waals surface area contributed by atoms with Gasteiger partial charge in [0.1, 0.15) is 5.69 Å². The lowest BCUT2D eigenvalue weighted by molar-refractivity contribution is -0.142. The molecule has 3 aromatic rings. The van der Waals surface area contributed by atoms with Gasteiger partial charge in [0.05, 0.1) is 5.69 Å². The summed E-state index contributed by atoms with van der Waals surface area (Å²) in [5.74, 6) is 0.160. The summed E-state index contributed by atoms with van der Waals surface area (Å²) < 4.78 is 40.3. The van der Waals surface area contributed by atoms with Gasteiger partial charge in [-0.1, -0.05) is 12.1 Å². The summed E-state index contributed by atoms with van der Waals surface area (Å²) in [6, 6.07) is 11.2. The summed E-state index contributed by atoms with van der Waals surface area (Å²) in [6.07, 6.45) is -4.48. The summed E-state index contributed by atoms with van der Waals surface area (Å²) in [4.78, 5) is 0. The van der Waals surface area contributed by atoms with Crippen molar-refractivity contribution < 1.29 is 13.2 Å². The normalized spacial score (nSPS) is 11.8. The standard InChI is InChI=1S/C12H7F3N5/c13-12(14,15)10-7-6-9(11-16-18-19-17-11)20(10)8-4-2-1-3-5-8/h2-7H,(H,16,17,18,19). The van der Waals surface area contributed by atoms with Gasteiger partial charge in [-0.25, -0.2) is 5.10 Å². The van der Waals surface area contributed by atoms with Crippen molar-refractivity contribution in [3.63, 3.8) is 0 Å². The van der Waals surface area contributed by atoms with Crippen molar-refractivity contribution in [2.75, 3.05) is 0 Å². The SMILES string of the molecule is FC(F)(F)c1ccc(-c2nnn[nH]2)n1-c1cc[c]cc1. The molecule has 0 amide bonds. The van der Waals surface area contributed by atoms with Crippen LogP contribution in [0.15, 0.2) is 36.4 Å². The Labute approximate surface area is 111 Å². The molecular weight excluding hydrogens is 271 g/mol. The van der Waals surface area contributed by atoms with Gasteiger partial charge in [0, 0.05) is 5.69 Å². The Hall–Kier alpha value is -2.64. The number of nitrogens with zero attached hydrogens (tertiary/aromatic N) is 4. The van der Waals surface area contributed by atoms with Crippen molar-refractivity contribution in [3.8, 4) is 17.2 Å². The molecule has 0 aliphatic heterocycles. The van der Waals surface area contributed by atoms with Crippen molar-refractivity contribution in [3.05, 3.63) is 48.2 Å². The predicted octanol–water partition coefficient (Wildman–Crippen LogP) is 2.48. The largest absolute Gasteiger partial charge is 0.431 e. The van der Waals surface area contributed by atoms with Crippen molar-refractivity contribution in [1.29, 1.82) is 0 Å². The van der Waals surface area contributed by atoms with E-state index in [9.17, 15) is 13.2 Å². The van der Waals surface area contributed by atoms with Crippen LogP contribution in [0.2, 0.25) is 0 Å². The summed E-state index contributed by atoms with van der Waals surface area (Å²) in [5, 5.41) is 12.9. The second-order valence-corrected chi connectivity index (χ2v) is 3.95. The molecule has 0 fully saturated rings. The fourth-order valence-electron chi connectivity index (χ4n) is 1.92. The Morgan fingerprint density at radius 3 is 2.45 bits per heavy atom. The van der Waals surface area contributed by atoms with Gasteiger partial charge < -0.3 is 4.57 Å². The number of hydrogen-bond donors (Lipinski definition) is 1. The summed E-state index contributed by atoms with van der Waals surface area (Å²) in [5.41, 5.74) is -0.212. The van der Waals surface area contributed by atoms with Crippen LogP contribution >= 0.6 is 0 Å². The topological polar surface area (TPSA) is 59.4 Å². The van der Waals surface area contributed by atoms with Crippen LogP contribution in [0.4, 0.5) is 13.2 Å². The zero-order valence-electron chi connectivity index (χ0n) is 9.89. The lowest BCUT2D eigenvalue weighted by Gasteiger charge is -2.14. The van der Waals surface area contributed by atoms with E-state index in [0.29, 0.717) is 5.69 Å². The maximum absolute atomic E-state index is 13.1. The fourth-order valence-corrected chi connectivity index (χ4v) is 1.92. The molecule has 0 atom stereocenters. The Balaban J connectivity index is 2.26. The molecule has 0 aliphatic carbocycles. The molecule has 0 spiro atoms. The average Bonchev–Trinajstić information content (AvgIpc) is 3.07. The van der Waals surface area contributed by atoms with E-state index < -0.39 is 11.9 Å². The molecule has 5 nitrogen and oxygen atoms in total. The van der Waals surface area contributed by atoms with Crippen LogP contribution in [0.25, 0.3) is 17.2 Å². The molecule has 0 unspecified atom stereocenters. The molecule has 1 aromatic carbocycles. The number of halogens is 3. The van der Waals surface area contributed by atoms with Gasteiger partial charge in [0.25, 0.3) is 0 Å². The highest BCUT2D eigenvalue weighted by Crippen LogP contribution is 2.35. The van der Waals surface area contributed by atoms with Gasteiger partial charge in [-0.2, -0.15) is 13.2 Å². The van der Waals surface area contributed by atoms with Gasteiger partial charge in [-0.3, -0.25) is 0 Å². The zero-order chi connectivity index (χ0) is 14.2. The van der Waals surface area contributed by atoms with Crippen LogP contribution < -0.4 is 0 Å². The highest BCUT2D eigenvalue weighted by molar-refractivity contribution is 5.56. The van der Waals surface area contributed by atoms with Gasteiger partial charge in [-0.15, -0.1) is 5.10 Å². The smallest absolute Gasteiger partial charge is 0.302 e. The number of rotatable bonds is 2. The van der Waals surface area contributed by atoms with E-state index in [0.717, 1.165) is 10.6 Å². The monoisotopic (exact) mass is 278 g/mol. The van der Waals surface area contributed by atoms with Crippen molar-refractivity contribution in [2.24, 2.45) is 0 Å². The Morgan fingerprint density at radius 2 is 1.85 bits per heavy atom. The number of hydrogen-bond acceptors (Lipinski definition) is 3. The molecule has 0 bridgehead atoms. The molecule has 101 valence electrons. The molecule has 1 radical (unpaired) electrons. The highest BCUT2D eigenvalue weighted by Gasteiger charge is 2.36. The summed E-state index contributed by atoms with van der Waals surface area (Å²) >= 11 is 0. The van der Waals surface area contributed by atoms with Crippen LogP contribution in [-0.2, 0) is 6.18 Å². The third-order valence-corrected chi connectivity index (χ3v) is 2.72. The van der Waals surface area contributed by atoms with Crippen molar-refractivity contribution in [2.45, 2.75) is 6.18 Å². The zero-order valence-corrected chi connectivity index (χ0v) is 9.89. The van der Waals surface area contributed by atoms with E-state index in [1.165, 1.54) is 30.3 Å². The van der Waals surface area contributed by atoms with Crippen LogP contribution in [0.5, 0.6) is 0 Å². The molecule has 0 aliphatic rings. The Bertz CT molecular complexity index is 701. The number of alkyl halides is 3. The van der Waals surface area contributed by atoms with E-state index >= 15 is 0 Å². The van der Waals surface area contributed by atoms with E-state index in [1.54, 1.807) is 0 Å². The second-order valence-electron chi connectivity index (χ2n) is 3.95. The lowest BCUT2D eigenvalue weighted by Crippen LogP contribution is -2.13. The van der Waals surface area contributed by atoms with E-state index in [-0.39, 0.29) is 11.5 Å². The minimum atomic E-state index is -4.48. The van der Waals surface area contributed by atoms with Crippen LogP contribution in [0, 0.1) is 6.07 Å². The Kier molecular flexibility index (Phi) is 2.78. The molecule has 0 saturated heterocycles. The number of nitrogens with one attached hydrogen (secondary N) is 1. The van der Waals surface area contributed by atoms with Crippen molar-refractivity contribution in [1.82, 2.24) is 25.2 Å². The van der Waals surface area contributed by atoms with Crippen LogP contribution in [-0.4, -0.2) is 25.2 Å². The first-order valence-electron chi connectivity index (χ1n) is 5.57. The summed E-state index contributed by atoms with van der Waals surface area (Å²) in [7, 11) is 0. The number of H-pyrrole nitrogens is 1. The maximum atomic E-state index is 13.1. The molecule has 1 N–H and O–H groups in total. The Morgan fingerprint density at radius 1 is 1.10 bits per heavy atom. The number of benzene rings is 1. The quantitative estimate of drug-likeness (QED) is 0.783. The van der Waals surface area contributed by atoms with E-state index in [2.05, 4.69) is 26.7 Å². The third-order valence-electron chi connectivity index (χ3n) is 2.72. The molecule has 3 rings (SSSR count). The summed E-state index contributed by atoms with van der Waals surface area (Å²) in [6.45, 7) is 0. The van der Waals surface area contributed by atoms with Gasteiger partial charge in [0.15, 0.2) is 5.82 Å². The van der Waals surface area contributed by atoms with E-state index in [4.69, 9.17) is 0 Å². The van der Waals surface area contributed by atoms with E-state index in [1.807, 2.05) is 0 Å². The van der Waals surface area contributed by atoms with Crippen LogP contribution in [0.3, 0.4) is 0 Å². The highest BCUT2D eigenvalue weighted by atomic mass is 19.4. The third kappa shape index (κ3) is 2.04. The van der Waals surface area contributed by atoms with Crippen LogP contribution in [0.1, 0.15) is 5.69 Å². The lowest BCUT2D eigenvalue weighted by atomic mass is 10.3. The molecule has 0 saturated carbocycles. The first kappa shape index (κ1) is 12.4. The maximum Gasteiger partial charge on any atom is 0.431 e. The number of tetrazole rings is 1. The molecule has 20 heavy (non-hydrogen) atoms. The van der Waals surface area contributed by atoms with Crippen molar-refractivity contribution >= 4 is 0 Å². The molecule has 8 heteroatoms. The fraction of sp³-hybridized carbons (Fsp3) is 0.0833. The number of aromatic nitrogens is 5. The number of aromatic amines is 1. The average molecular weight is 278 g/mol. The second kappa shape index (κ2) is 4.48. The minimum Gasteiger partial charge on any atom is -0.302 e. The molecule has 2 heterocycles. The molecular formula is C12H7F3N5. The van der Waals surface area contributed by atoms with Gasteiger partial charge >= 0.3 is 6.18 Å². The first-order valence-corrected chi connectivity index (χ1v) is 5.57. The minimum absolute atomic E-state index is 0.160.